The third kappa shape index (κ3) is 2.97. The van der Waals surface area contributed by atoms with Crippen LogP contribution in [0.25, 0.3) is 0 Å². The molecule has 0 aromatic heterocycles. The van der Waals surface area contributed by atoms with Crippen LogP contribution in [0.2, 0.25) is 5.02 Å². The van der Waals surface area contributed by atoms with Crippen molar-refractivity contribution < 1.29 is 14.7 Å². The van der Waals surface area contributed by atoms with E-state index in [4.69, 9.17) is 11.6 Å². The maximum Gasteiger partial charge on any atom is 0.330 e. The summed E-state index contributed by atoms with van der Waals surface area (Å²) in [6, 6.07) is 3.22. The van der Waals surface area contributed by atoms with E-state index >= 15 is 0 Å². The first-order valence-corrected chi connectivity index (χ1v) is 8.27. The predicted molar refractivity (Wildman–Crippen MR) is 83.7 cm³/mol. The molecule has 1 unspecified atom stereocenters. The molecule has 0 radical (unpaired) electrons. The Morgan fingerprint density at radius 1 is 1.50 bits per heavy atom. The normalized spacial score (nSPS) is 21.8. The molecule has 2 rings (SSSR count). The molecular weight excluding hydrogens is 366 g/mol. The molecule has 0 bridgehead atoms. The van der Waals surface area contributed by atoms with Gasteiger partial charge in [0.15, 0.2) is 0 Å². The molecule has 0 spiro atoms. The van der Waals surface area contributed by atoms with Gasteiger partial charge in [-0.05, 0) is 52.7 Å². The largest absolute Gasteiger partial charge is 0.479 e. The molecule has 1 atom stereocenters. The summed E-state index contributed by atoms with van der Waals surface area (Å²) in [5.74, 6) is -0.285. The number of nitrogens with one attached hydrogen (secondary N) is 1. The number of halogens is 2. The molecule has 2 N–H and O–H groups in total. The summed E-state index contributed by atoms with van der Waals surface area (Å²) in [7, 11) is 0. The van der Waals surface area contributed by atoms with Crippen LogP contribution in [0.4, 0.5) is 0 Å². The Bertz CT molecular complexity index is 550. The minimum absolute atomic E-state index is 0.369. The Hall–Kier alpha value is -0.720. The zero-order chi connectivity index (χ0) is 14.9. The molecule has 4 nitrogen and oxygen atoms in total. The highest BCUT2D eigenvalue weighted by Crippen LogP contribution is 2.30. The quantitative estimate of drug-likeness (QED) is 0.848. The molecule has 1 aliphatic heterocycles. The summed E-state index contributed by atoms with van der Waals surface area (Å²) in [5, 5.41) is 12.4. The Morgan fingerprint density at radius 3 is 2.70 bits per heavy atom. The van der Waals surface area contributed by atoms with Crippen molar-refractivity contribution in [3.05, 3.63) is 32.8 Å². The number of aryl methyl sites for hydroxylation is 1. The van der Waals surface area contributed by atoms with E-state index in [1.54, 1.807) is 6.07 Å². The van der Waals surface area contributed by atoms with Gasteiger partial charge in [0.05, 0.1) is 5.02 Å². The van der Waals surface area contributed by atoms with Gasteiger partial charge in [-0.2, -0.15) is 11.8 Å². The van der Waals surface area contributed by atoms with Gasteiger partial charge in [0, 0.05) is 15.8 Å². The SMILES string of the molecule is Cc1cc(C(=O)NC2(C(=O)O)CCSC2)cc(Cl)c1Br. The van der Waals surface area contributed by atoms with E-state index in [1.807, 2.05) is 6.92 Å². The number of carboxylic acids is 1. The molecule has 1 aliphatic rings. The highest BCUT2D eigenvalue weighted by Gasteiger charge is 2.43. The van der Waals surface area contributed by atoms with Crippen LogP contribution in [0.15, 0.2) is 16.6 Å². The van der Waals surface area contributed by atoms with E-state index in [-0.39, 0.29) is 0 Å². The van der Waals surface area contributed by atoms with E-state index in [9.17, 15) is 14.7 Å². The van der Waals surface area contributed by atoms with Crippen LogP contribution < -0.4 is 5.32 Å². The lowest BCUT2D eigenvalue weighted by Crippen LogP contribution is -2.54. The summed E-state index contributed by atoms with van der Waals surface area (Å²) >= 11 is 10.9. The van der Waals surface area contributed by atoms with Crippen molar-refractivity contribution in [3.8, 4) is 0 Å². The van der Waals surface area contributed by atoms with Crippen molar-refractivity contribution >= 4 is 51.2 Å². The van der Waals surface area contributed by atoms with E-state index in [0.717, 1.165) is 15.8 Å². The lowest BCUT2D eigenvalue weighted by atomic mass is 9.98. The molecule has 1 saturated heterocycles. The molecular formula is C13H13BrClNO3S. The fourth-order valence-corrected chi connectivity index (χ4v) is 3.85. The average molecular weight is 379 g/mol. The summed E-state index contributed by atoms with van der Waals surface area (Å²) in [4.78, 5) is 23.7. The number of benzene rings is 1. The van der Waals surface area contributed by atoms with E-state index in [0.29, 0.717) is 22.8 Å². The fourth-order valence-electron chi connectivity index (χ4n) is 2.03. The Labute approximate surface area is 134 Å². The van der Waals surface area contributed by atoms with Crippen molar-refractivity contribution in [3.63, 3.8) is 0 Å². The second-order valence-corrected chi connectivity index (χ2v) is 7.04. The van der Waals surface area contributed by atoms with Gasteiger partial charge in [0.1, 0.15) is 5.54 Å². The van der Waals surface area contributed by atoms with Crippen molar-refractivity contribution in [1.29, 1.82) is 0 Å². The van der Waals surface area contributed by atoms with Gasteiger partial charge in [-0.15, -0.1) is 0 Å². The summed E-state index contributed by atoms with van der Waals surface area (Å²) in [6.45, 7) is 1.82. The van der Waals surface area contributed by atoms with Crippen molar-refractivity contribution in [2.24, 2.45) is 0 Å². The van der Waals surface area contributed by atoms with Crippen LogP contribution in [-0.2, 0) is 4.79 Å². The Morgan fingerprint density at radius 2 is 2.20 bits per heavy atom. The Balaban J connectivity index is 2.26. The van der Waals surface area contributed by atoms with Gasteiger partial charge in [0.2, 0.25) is 0 Å². The summed E-state index contributed by atoms with van der Waals surface area (Å²) in [6.07, 6.45) is 0.433. The molecule has 1 aromatic rings. The number of thioether (sulfide) groups is 1. The van der Waals surface area contributed by atoms with Crippen molar-refractivity contribution in [2.45, 2.75) is 18.9 Å². The maximum absolute atomic E-state index is 12.3. The first kappa shape index (κ1) is 15.7. The van der Waals surface area contributed by atoms with E-state index in [2.05, 4.69) is 21.2 Å². The molecule has 108 valence electrons. The lowest BCUT2D eigenvalue weighted by molar-refractivity contribution is -0.143. The molecule has 1 fully saturated rings. The van der Waals surface area contributed by atoms with Gasteiger partial charge in [-0.3, -0.25) is 4.79 Å². The van der Waals surface area contributed by atoms with E-state index in [1.165, 1.54) is 17.8 Å². The number of hydrogen-bond acceptors (Lipinski definition) is 3. The van der Waals surface area contributed by atoms with Crippen molar-refractivity contribution in [1.82, 2.24) is 5.32 Å². The van der Waals surface area contributed by atoms with Crippen LogP contribution in [-0.4, -0.2) is 34.0 Å². The monoisotopic (exact) mass is 377 g/mol. The smallest absolute Gasteiger partial charge is 0.330 e. The lowest BCUT2D eigenvalue weighted by Gasteiger charge is -2.24. The minimum atomic E-state index is -1.17. The molecule has 1 amide bonds. The maximum atomic E-state index is 12.3. The highest BCUT2D eigenvalue weighted by molar-refractivity contribution is 9.10. The first-order chi connectivity index (χ1) is 9.35. The van der Waals surface area contributed by atoms with E-state index < -0.39 is 17.4 Å². The third-order valence-electron chi connectivity index (χ3n) is 3.26. The second kappa shape index (κ2) is 5.95. The summed E-state index contributed by atoms with van der Waals surface area (Å²) in [5.41, 5.74) is 0.0240. The zero-order valence-electron chi connectivity index (χ0n) is 10.7. The number of rotatable bonds is 3. The molecule has 0 aliphatic carbocycles. The van der Waals surface area contributed by atoms with Crippen molar-refractivity contribution in [2.75, 3.05) is 11.5 Å². The van der Waals surface area contributed by atoms with Crippen LogP contribution in [0.1, 0.15) is 22.3 Å². The first-order valence-electron chi connectivity index (χ1n) is 5.95. The topological polar surface area (TPSA) is 66.4 Å². The highest BCUT2D eigenvalue weighted by atomic mass is 79.9. The number of amides is 1. The average Bonchev–Trinajstić information content (AvgIpc) is 2.85. The molecule has 7 heteroatoms. The summed E-state index contributed by atoms with van der Waals surface area (Å²) < 4.78 is 0.736. The Kier molecular flexibility index (Phi) is 4.66. The number of hydrogen-bond donors (Lipinski definition) is 2. The number of carbonyl (C=O) groups is 2. The van der Waals surface area contributed by atoms with Crippen LogP contribution in [0.5, 0.6) is 0 Å². The van der Waals surface area contributed by atoms with Gasteiger partial charge in [-0.1, -0.05) is 11.6 Å². The molecule has 1 aromatic carbocycles. The fraction of sp³-hybridized carbons (Fsp3) is 0.385. The van der Waals surface area contributed by atoms with Gasteiger partial charge < -0.3 is 10.4 Å². The molecule has 1 heterocycles. The minimum Gasteiger partial charge on any atom is -0.479 e. The van der Waals surface area contributed by atoms with Gasteiger partial charge in [0.25, 0.3) is 5.91 Å². The molecule has 0 saturated carbocycles. The standard InChI is InChI=1S/C13H13BrClNO3S/c1-7-4-8(5-9(15)10(7)14)11(17)16-13(12(18)19)2-3-20-6-13/h4-5H,2-3,6H2,1H3,(H,16,17)(H,18,19). The second-order valence-electron chi connectivity index (χ2n) is 4.73. The zero-order valence-corrected chi connectivity index (χ0v) is 13.9. The van der Waals surface area contributed by atoms with Crippen LogP contribution in [0.3, 0.4) is 0 Å². The number of aliphatic carboxylic acids is 1. The predicted octanol–water partition coefficient (Wildman–Crippen LogP) is 3.10. The van der Waals surface area contributed by atoms with Gasteiger partial charge >= 0.3 is 5.97 Å². The number of carbonyl (C=O) groups excluding carboxylic acids is 1. The van der Waals surface area contributed by atoms with Crippen LogP contribution >= 0.6 is 39.3 Å². The van der Waals surface area contributed by atoms with Gasteiger partial charge in [-0.25, -0.2) is 4.79 Å². The number of carboxylic acid groups (broad SMARTS) is 1. The molecule has 20 heavy (non-hydrogen) atoms. The third-order valence-corrected chi connectivity index (χ3v) is 6.02. The van der Waals surface area contributed by atoms with Crippen LogP contribution in [0, 0.1) is 6.92 Å².